The van der Waals surface area contributed by atoms with Crippen LogP contribution < -0.4 is 0 Å². The summed E-state index contributed by atoms with van der Waals surface area (Å²) in [6.07, 6.45) is 0. The number of hydrogen-bond acceptors (Lipinski definition) is 3. The first-order valence-electron chi connectivity index (χ1n) is 3.41. The van der Waals surface area contributed by atoms with Crippen LogP contribution in [0.3, 0.4) is 0 Å². The molecule has 2 aromatic rings. The lowest BCUT2D eigenvalue weighted by molar-refractivity contribution is 0.397. The third kappa shape index (κ3) is 1.38. The highest BCUT2D eigenvalue weighted by molar-refractivity contribution is 9.10. The highest BCUT2D eigenvalue weighted by Gasteiger charge is 2.03. The van der Waals surface area contributed by atoms with Gasteiger partial charge in [0.25, 0.3) is 4.80 Å². The Kier molecular flexibility index (Phi) is 1.91. The lowest BCUT2D eigenvalue weighted by atomic mass is 10.2. The van der Waals surface area contributed by atoms with E-state index in [1.54, 1.807) is 0 Å². The average molecular weight is 225 g/mol. The van der Waals surface area contributed by atoms with Crippen LogP contribution in [0.1, 0.15) is 0 Å². The second-order valence-electron chi connectivity index (χ2n) is 2.24. The molecule has 0 saturated carbocycles. The molecule has 2 rings (SSSR count). The van der Waals surface area contributed by atoms with Crippen LogP contribution in [-0.2, 0) is 0 Å². The van der Waals surface area contributed by atoms with Gasteiger partial charge in [0, 0.05) is 21.5 Å². The van der Waals surface area contributed by atoms with Crippen LogP contribution in [0.2, 0.25) is 0 Å². The zero-order valence-corrected chi connectivity index (χ0v) is 7.65. The topological polar surface area (TPSA) is 38.9 Å². The van der Waals surface area contributed by atoms with E-state index in [2.05, 4.69) is 26.1 Å². The second-order valence-corrected chi connectivity index (χ2v) is 2.92. The quantitative estimate of drug-likeness (QED) is 0.748. The van der Waals surface area contributed by atoms with E-state index in [0.29, 0.717) is 10.6 Å². The third-order valence-electron chi connectivity index (χ3n) is 1.43. The lowest BCUT2D eigenvalue weighted by Gasteiger charge is -1.89. The molecule has 3 nitrogen and oxygen atoms in total. The van der Waals surface area contributed by atoms with E-state index in [9.17, 15) is 0 Å². The SMILES string of the molecule is Brc1nc(-c2ccccc2)no1. The van der Waals surface area contributed by atoms with Gasteiger partial charge in [-0.2, -0.15) is 4.98 Å². The van der Waals surface area contributed by atoms with Crippen molar-refractivity contribution >= 4 is 15.9 Å². The fourth-order valence-electron chi connectivity index (χ4n) is 0.909. The van der Waals surface area contributed by atoms with Gasteiger partial charge in [0.1, 0.15) is 0 Å². The highest BCUT2D eigenvalue weighted by atomic mass is 79.9. The number of nitrogens with zero attached hydrogens (tertiary/aromatic N) is 2. The summed E-state index contributed by atoms with van der Waals surface area (Å²) in [4.78, 5) is 4.42. The average Bonchev–Trinajstić information content (AvgIpc) is 2.54. The predicted molar refractivity (Wildman–Crippen MR) is 47.4 cm³/mol. The Morgan fingerprint density at radius 1 is 1.17 bits per heavy atom. The van der Waals surface area contributed by atoms with Gasteiger partial charge in [0.15, 0.2) is 0 Å². The van der Waals surface area contributed by atoms with Crippen molar-refractivity contribution < 1.29 is 4.52 Å². The van der Waals surface area contributed by atoms with Crippen LogP contribution in [-0.4, -0.2) is 10.1 Å². The summed E-state index contributed by atoms with van der Waals surface area (Å²) in [6, 6.07) is 9.66. The van der Waals surface area contributed by atoms with Crippen molar-refractivity contribution in [1.82, 2.24) is 10.1 Å². The molecule has 1 aromatic carbocycles. The smallest absolute Gasteiger partial charge is 0.294 e. The molecule has 0 bridgehead atoms. The maximum Gasteiger partial charge on any atom is 0.294 e. The van der Waals surface area contributed by atoms with E-state index < -0.39 is 0 Å². The van der Waals surface area contributed by atoms with E-state index in [-0.39, 0.29) is 0 Å². The number of halogens is 1. The number of benzene rings is 1. The second kappa shape index (κ2) is 3.06. The van der Waals surface area contributed by atoms with Gasteiger partial charge in [-0.25, -0.2) is 0 Å². The number of hydrogen-bond donors (Lipinski definition) is 0. The Morgan fingerprint density at radius 3 is 2.50 bits per heavy atom. The van der Waals surface area contributed by atoms with Gasteiger partial charge in [-0.15, -0.1) is 0 Å². The first kappa shape index (κ1) is 7.49. The van der Waals surface area contributed by atoms with Crippen LogP contribution in [0.5, 0.6) is 0 Å². The molecule has 4 heteroatoms. The predicted octanol–water partition coefficient (Wildman–Crippen LogP) is 2.50. The normalized spacial score (nSPS) is 10.1. The largest absolute Gasteiger partial charge is 0.326 e. The molecule has 0 N–H and O–H groups in total. The first-order valence-corrected chi connectivity index (χ1v) is 4.20. The molecule has 60 valence electrons. The van der Waals surface area contributed by atoms with Gasteiger partial charge in [0.2, 0.25) is 5.82 Å². The van der Waals surface area contributed by atoms with Crippen LogP contribution in [0.15, 0.2) is 39.7 Å². The molecular formula is C8H5BrN2O. The Balaban J connectivity index is 2.45. The molecule has 0 spiro atoms. The maximum atomic E-state index is 4.77. The van der Waals surface area contributed by atoms with Gasteiger partial charge in [-0.3, -0.25) is 0 Å². The zero-order valence-electron chi connectivity index (χ0n) is 6.07. The zero-order chi connectivity index (χ0) is 8.39. The van der Waals surface area contributed by atoms with Gasteiger partial charge >= 0.3 is 0 Å². The van der Waals surface area contributed by atoms with Crippen molar-refractivity contribution in [2.75, 3.05) is 0 Å². The minimum absolute atomic E-state index is 0.404. The van der Waals surface area contributed by atoms with Gasteiger partial charge in [0.05, 0.1) is 0 Å². The molecule has 0 saturated heterocycles. The Hall–Kier alpha value is -1.16. The summed E-state index contributed by atoms with van der Waals surface area (Å²) in [5.41, 5.74) is 0.951. The minimum Gasteiger partial charge on any atom is -0.326 e. The van der Waals surface area contributed by atoms with Crippen molar-refractivity contribution in [1.29, 1.82) is 0 Å². The third-order valence-corrected chi connectivity index (χ3v) is 1.76. The van der Waals surface area contributed by atoms with Crippen molar-refractivity contribution in [3.63, 3.8) is 0 Å². The highest BCUT2D eigenvalue weighted by Crippen LogP contribution is 2.16. The van der Waals surface area contributed by atoms with E-state index in [1.807, 2.05) is 30.3 Å². The molecule has 0 amide bonds. The maximum absolute atomic E-state index is 4.77. The summed E-state index contributed by atoms with van der Waals surface area (Å²) in [5, 5.41) is 3.75. The molecule has 1 heterocycles. The molecule has 12 heavy (non-hydrogen) atoms. The summed E-state index contributed by atoms with van der Waals surface area (Å²) < 4.78 is 4.77. The lowest BCUT2D eigenvalue weighted by Crippen LogP contribution is -1.77. The molecule has 0 unspecified atom stereocenters. The molecule has 0 atom stereocenters. The van der Waals surface area contributed by atoms with Gasteiger partial charge < -0.3 is 4.52 Å². The molecule has 0 fully saturated rings. The summed E-state index contributed by atoms with van der Waals surface area (Å²) in [7, 11) is 0. The van der Waals surface area contributed by atoms with Crippen molar-refractivity contribution in [3.8, 4) is 11.4 Å². The van der Waals surface area contributed by atoms with Gasteiger partial charge in [-0.1, -0.05) is 35.5 Å². The van der Waals surface area contributed by atoms with Crippen molar-refractivity contribution in [2.24, 2.45) is 0 Å². The standard InChI is InChI=1S/C8H5BrN2O/c9-8-10-7(11-12-8)6-4-2-1-3-5-6/h1-5H. The summed E-state index contributed by atoms with van der Waals surface area (Å²) >= 11 is 3.09. The van der Waals surface area contributed by atoms with E-state index in [0.717, 1.165) is 5.56 Å². The molecular weight excluding hydrogens is 220 g/mol. The molecule has 1 aromatic heterocycles. The number of aromatic nitrogens is 2. The van der Waals surface area contributed by atoms with Crippen molar-refractivity contribution in [3.05, 3.63) is 35.1 Å². The monoisotopic (exact) mass is 224 g/mol. The first-order chi connectivity index (χ1) is 5.86. The van der Waals surface area contributed by atoms with E-state index >= 15 is 0 Å². The van der Waals surface area contributed by atoms with Crippen molar-refractivity contribution in [2.45, 2.75) is 0 Å². The van der Waals surface area contributed by atoms with Gasteiger partial charge in [-0.05, 0) is 0 Å². The Bertz CT molecular complexity index is 372. The number of rotatable bonds is 1. The molecule has 0 radical (unpaired) electrons. The van der Waals surface area contributed by atoms with Crippen LogP contribution in [0, 0.1) is 0 Å². The Labute approximate surface area is 77.5 Å². The van der Waals surface area contributed by atoms with E-state index in [4.69, 9.17) is 4.52 Å². The Morgan fingerprint density at radius 2 is 1.92 bits per heavy atom. The van der Waals surface area contributed by atoms with Crippen LogP contribution >= 0.6 is 15.9 Å². The fraction of sp³-hybridized carbons (Fsp3) is 0. The fourth-order valence-corrected chi connectivity index (χ4v) is 1.15. The van der Waals surface area contributed by atoms with E-state index in [1.165, 1.54) is 0 Å². The summed E-state index contributed by atoms with van der Waals surface area (Å²) in [5.74, 6) is 0.600. The molecule has 0 aliphatic rings. The molecule has 0 aliphatic carbocycles. The van der Waals surface area contributed by atoms with Crippen LogP contribution in [0.4, 0.5) is 0 Å². The minimum atomic E-state index is 0.404. The van der Waals surface area contributed by atoms with Crippen LogP contribution in [0.25, 0.3) is 11.4 Å². The molecule has 0 aliphatic heterocycles. The summed E-state index contributed by atoms with van der Waals surface area (Å²) in [6.45, 7) is 0.